The van der Waals surface area contributed by atoms with E-state index in [1.807, 2.05) is 13.0 Å². The smallest absolute Gasteiger partial charge is 0.219 e. The summed E-state index contributed by atoms with van der Waals surface area (Å²) in [5, 5.41) is 0.534. The summed E-state index contributed by atoms with van der Waals surface area (Å²) in [5.41, 5.74) is 0.868. The van der Waals surface area contributed by atoms with Gasteiger partial charge in [-0.2, -0.15) is 0 Å². The Hall–Kier alpha value is -1.13. The Labute approximate surface area is 107 Å². The first-order valence-corrected chi connectivity index (χ1v) is 5.74. The lowest BCUT2D eigenvalue weighted by molar-refractivity contribution is 0.459. The van der Waals surface area contributed by atoms with Crippen LogP contribution in [-0.4, -0.2) is 9.97 Å². The predicted molar refractivity (Wildman–Crippen MR) is 66.0 cm³/mol. The third kappa shape index (κ3) is 2.71. The standard InChI is InChI=1S/C11H8BrClN2O/c1-7-10(12)2-3-11(15-7)16-9-4-8(13)5-14-6-9/h2-6H,1H3. The highest BCUT2D eigenvalue weighted by atomic mass is 79.9. The van der Waals surface area contributed by atoms with Crippen LogP contribution in [0.1, 0.15) is 5.69 Å². The second-order valence-electron chi connectivity index (χ2n) is 3.16. The second kappa shape index (κ2) is 4.80. The molecule has 0 saturated heterocycles. The fraction of sp³-hybridized carbons (Fsp3) is 0.0909. The van der Waals surface area contributed by atoms with Crippen LogP contribution in [-0.2, 0) is 0 Å². The maximum Gasteiger partial charge on any atom is 0.219 e. The average molecular weight is 300 g/mol. The maximum atomic E-state index is 5.80. The average Bonchev–Trinajstić information content (AvgIpc) is 2.24. The minimum Gasteiger partial charge on any atom is -0.437 e. The van der Waals surface area contributed by atoms with E-state index in [-0.39, 0.29) is 0 Å². The highest BCUT2D eigenvalue weighted by molar-refractivity contribution is 9.10. The van der Waals surface area contributed by atoms with Crippen LogP contribution in [0.3, 0.4) is 0 Å². The third-order valence-electron chi connectivity index (χ3n) is 1.90. The van der Waals surface area contributed by atoms with Crippen molar-refractivity contribution in [2.24, 2.45) is 0 Å². The maximum absolute atomic E-state index is 5.80. The molecule has 0 aromatic carbocycles. The molecule has 0 saturated carbocycles. The number of ether oxygens (including phenoxy) is 1. The highest BCUT2D eigenvalue weighted by Gasteiger charge is 2.02. The number of nitrogens with zero attached hydrogens (tertiary/aromatic N) is 2. The number of aromatic nitrogens is 2. The molecule has 82 valence electrons. The van der Waals surface area contributed by atoms with E-state index < -0.39 is 0 Å². The Morgan fingerprint density at radius 3 is 2.81 bits per heavy atom. The molecule has 2 heterocycles. The van der Waals surface area contributed by atoms with Crippen molar-refractivity contribution in [2.75, 3.05) is 0 Å². The minimum atomic E-state index is 0.518. The van der Waals surface area contributed by atoms with Gasteiger partial charge in [0, 0.05) is 22.8 Å². The lowest BCUT2D eigenvalue weighted by atomic mass is 10.4. The monoisotopic (exact) mass is 298 g/mol. The zero-order valence-electron chi connectivity index (χ0n) is 8.45. The first-order chi connectivity index (χ1) is 7.65. The van der Waals surface area contributed by atoms with Gasteiger partial charge in [0.1, 0.15) is 5.75 Å². The van der Waals surface area contributed by atoms with Crippen LogP contribution < -0.4 is 4.74 Å². The third-order valence-corrected chi connectivity index (χ3v) is 2.94. The topological polar surface area (TPSA) is 35.0 Å². The summed E-state index contributed by atoms with van der Waals surface area (Å²) in [6.45, 7) is 1.90. The van der Waals surface area contributed by atoms with Crippen molar-refractivity contribution in [3.8, 4) is 11.6 Å². The molecule has 0 aliphatic carbocycles. The summed E-state index contributed by atoms with van der Waals surface area (Å²) in [7, 11) is 0. The molecular weight excluding hydrogens is 291 g/mol. The van der Waals surface area contributed by atoms with Gasteiger partial charge < -0.3 is 4.74 Å². The molecule has 0 spiro atoms. The largest absolute Gasteiger partial charge is 0.437 e. The van der Waals surface area contributed by atoms with Crippen LogP contribution in [0.15, 0.2) is 35.1 Å². The van der Waals surface area contributed by atoms with Crippen molar-refractivity contribution in [3.05, 3.63) is 45.8 Å². The van der Waals surface area contributed by atoms with Crippen LogP contribution in [0.4, 0.5) is 0 Å². The van der Waals surface area contributed by atoms with Crippen molar-refractivity contribution < 1.29 is 4.74 Å². The lowest BCUT2D eigenvalue weighted by Gasteiger charge is -2.05. The van der Waals surface area contributed by atoms with Gasteiger partial charge >= 0.3 is 0 Å². The molecule has 0 N–H and O–H groups in total. The summed E-state index contributed by atoms with van der Waals surface area (Å²) in [4.78, 5) is 8.18. The molecule has 0 bridgehead atoms. The summed E-state index contributed by atoms with van der Waals surface area (Å²) < 4.78 is 6.46. The summed E-state index contributed by atoms with van der Waals surface area (Å²) in [5.74, 6) is 1.09. The molecule has 0 radical (unpaired) electrons. The Balaban J connectivity index is 2.24. The van der Waals surface area contributed by atoms with Gasteiger partial charge in [0.25, 0.3) is 0 Å². The zero-order chi connectivity index (χ0) is 11.5. The number of aryl methyl sites for hydroxylation is 1. The molecule has 0 amide bonds. The van der Waals surface area contributed by atoms with Crippen LogP contribution in [0.5, 0.6) is 11.6 Å². The Bertz CT molecular complexity index is 519. The summed E-state index contributed by atoms with van der Waals surface area (Å²) >= 11 is 9.17. The number of halogens is 2. The fourth-order valence-corrected chi connectivity index (χ4v) is 1.53. The Morgan fingerprint density at radius 2 is 2.12 bits per heavy atom. The normalized spacial score (nSPS) is 10.2. The molecule has 3 nitrogen and oxygen atoms in total. The fourth-order valence-electron chi connectivity index (χ4n) is 1.15. The first kappa shape index (κ1) is 11.4. The number of pyridine rings is 2. The van der Waals surface area contributed by atoms with E-state index in [0.717, 1.165) is 10.2 Å². The first-order valence-electron chi connectivity index (χ1n) is 4.57. The van der Waals surface area contributed by atoms with Gasteiger partial charge in [0.15, 0.2) is 0 Å². The number of hydrogen-bond acceptors (Lipinski definition) is 3. The van der Waals surface area contributed by atoms with E-state index in [4.69, 9.17) is 16.3 Å². The van der Waals surface area contributed by atoms with Gasteiger partial charge in [-0.3, -0.25) is 4.98 Å². The Kier molecular flexibility index (Phi) is 3.41. The zero-order valence-corrected chi connectivity index (χ0v) is 10.8. The van der Waals surface area contributed by atoms with Gasteiger partial charge in [0.2, 0.25) is 5.88 Å². The van der Waals surface area contributed by atoms with Crippen molar-refractivity contribution in [3.63, 3.8) is 0 Å². The van der Waals surface area contributed by atoms with Crippen molar-refractivity contribution in [2.45, 2.75) is 6.92 Å². The summed E-state index contributed by atoms with van der Waals surface area (Å²) in [6, 6.07) is 5.35. The second-order valence-corrected chi connectivity index (χ2v) is 4.45. The van der Waals surface area contributed by atoms with Crippen molar-refractivity contribution in [1.29, 1.82) is 0 Å². The molecule has 16 heavy (non-hydrogen) atoms. The molecular formula is C11H8BrClN2O. The molecule has 2 aromatic rings. The van der Waals surface area contributed by atoms with Crippen LogP contribution in [0.25, 0.3) is 0 Å². The molecule has 0 unspecified atom stereocenters. The van der Waals surface area contributed by atoms with Crippen molar-refractivity contribution >= 4 is 27.5 Å². The Morgan fingerprint density at radius 1 is 1.31 bits per heavy atom. The summed E-state index contributed by atoms with van der Waals surface area (Å²) in [6.07, 6.45) is 3.14. The van der Waals surface area contributed by atoms with Crippen LogP contribution in [0.2, 0.25) is 5.02 Å². The lowest BCUT2D eigenvalue weighted by Crippen LogP contribution is -1.91. The molecule has 0 aliphatic heterocycles. The van der Waals surface area contributed by atoms with Crippen LogP contribution >= 0.6 is 27.5 Å². The molecule has 5 heteroatoms. The minimum absolute atomic E-state index is 0.518. The van der Waals surface area contributed by atoms with E-state index in [1.54, 1.807) is 24.5 Å². The molecule has 0 atom stereocenters. The molecule has 0 fully saturated rings. The molecule has 0 aliphatic rings. The van der Waals surface area contributed by atoms with E-state index in [1.165, 1.54) is 0 Å². The number of hydrogen-bond donors (Lipinski definition) is 0. The molecule has 2 aromatic heterocycles. The van der Waals surface area contributed by atoms with Crippen LogP contribution in [0, 0.1) is 6.92 Å². The van der Waals surface area contributed by atoms with Gasteiger partial charge in [-0.05, 0) is 28.9 Å². The van der Waals surface area contributed by atoms with Gasteiger partial charge in [-0.25, -0.2) is 4.98 Å². The van der Waals surface area contributed by atoms with E-state index in [9.17, 15) is 0 Å². The van der Waals surface area contributed by atoms with Gasteiger partial charge in [-0.15, -0.1) is 0 Å². The SMILES string of the molecule is Cc1nc(Oc2cncc(Cl)c2)ccc1Br. The quantitative estimate of drug-likeness (QED) is 0.841. The van der Waals surface area contributed by atoms with E-state index in [2.05, 4.69) is 25.9 Å². The van der Waals surface area contributed by atoms with E-state index >= 15 is 0 Å². The highest BCUT2D eigenvalue weighted by Crippen LogP contribution is 2.23. The van der Waals surface area contributed by atoms with Gasteiger partial charge in [0.05, 0.1) is 16.9 Å². The molecule has 2 rings (SSSR count). The van der Waals surface area contributed by atoms with E-state index in [0.29, 0.717) is 16.7 Å². The van der Waals surface area contributed by atoms with Crippen molar-refractivity contribution in [1.82, 2.24) is 9.97 Å². The number of rotatable bonds is 2. The van der Waals surface area contributed by atoms with Gasteiger partial charge in [-0.1, -0.05) is 11.6 Å². The predicted octanol–water partition coefficient (Wildman–Crippen LogP) is 3.99.